The van der Waals surface area contributed by atoms with Crippen molar-refractivity contribution in [1.29, 1.82) is 0 Å². The van der Waals surface area contributed by atoms with Crippen molar-refractivity contribution >= 4 is 29.2 Å². The summed E-state index contributed by atoms with van der Waals surface area (Å²) in [6.45, 7) is 12.5. The zero-order chi connectivity index (χ0) is 29.4. The fraction of sp³-hybridized carbons (Fsp3) is 0.586. The summed E-state index contributed by atoms with van der Waals surface area (Å²) in [4.78, 5) is 53.7. The number of hydrogen-bond donors (Lipinski definition) is 2. The minimum atomic E-state index is -0.215. The minimum Gasteiger partial charge on any atom is -0.352 e. The van der Waals surface area contributed by atoms with Gasteiger partial charge in [0, 0.05) is 51.4 Å². The van der Waals surface area contributed by atoms with Crippen LogP contribution in [0, 0.1) is 13.8 Å². The normalized spacial score (nSPS) is 15.1. The quantitative estimate of drug-likeness (QED) is 0.395. The van der Waals surface area contributed by atoms with Gasteiger partial charge in [-0.1, -0.05) is 0 Å². The van der Waals surface area contributed by atoms with Crippen molar-refractivity contribution in [2.24, 2.45) is 0 Å². The molecular formula is C29H44N6O4S. The van der Waals surface area contributed by atoms with Gasteiger partial charge in [-0.2, -0.15) is 11.3 Å². The molecule has 1 saturated heterocycles. The zero-order valence-corrected chi connectivity index (χ0v) is 25.6. The number of nitrogens with one attached hydrogen (secondary N) is 2. The Morgan fingerprint density at radius 1 is 1.20 bits per heavy atom. The molecular weight excluding hydrogens is 528 g/mol. The number of piperidine rings is 1. The van der Waals surface area contributed by atoms with Crippen LogP contribution in [-0.2, 0) is 11.4 Å². The second kappa shape index (κ2) is 14.6. The molecule has 1 aliphatic rings. The first-order valence-electron chi connectivity index (χ1n) is 13.9. The molecule has 0 saturated carbocycles. The first kappa shape index (κ1) is 31.5. The molecule has 1 fully saturated rings. The number of carbonyl (C=O) groups excluding carboxylic acids is 3. The van der Waals surface area contributed by atoms with E-state index in [4.69, 9.17) is 4.84 Å². The summed E-state index contributed by atoms with van der Waals surface area (Å²) in [7, 11) is 3.20. The lowest BCUT2D eigenvalue weighted by Gasteiger charge is -2.40. The van der Waals surface area contributed by atoms with Gasteiger partial charge in [0.05, 0.1) is 18.4 Å². The fourth-order valence-corrected chi connectivity index (χ4v) is 5.76. The summed E-state index contributed by atoms with van der Waals surface area (Å²) < 4.78 is 0. The Morgan fingerprint density at radius 3 is 2.48 bits per heavy atom. The second-order valence-corrected chi connectivity index (χ2v) is 11.6. The smallest absolute Gasteiger partial charge is 0.341 e. The van der Waals surface area contributed by atoms with Crippen molar-refractivity contribution in [3.8, 4) is 0 Å². The first-order chi connectivity index (χ1) is 19.0. The second-order valence-electron chi connectivity index (χ2n) is 10.8. The molecule has 3 rings (SSSR count). The van der Waals surface area contributed by atoms with Gasteiger partial charge in [-0.05, 0) is 87.9 Å². The highest BCUT2D eigenvalue weighted by molar-refractivity contribution is 7.07. The van der Waals surface area contributed by atoms with Gasteiger partial charge in [0.15, 0.2) is 0 Å². The molecule has 2 N–H and O–H groups in total. The van der Waals surface area contributed by atoms with Crippen LogP contribution in [0.1, 0.15) is 77.7 Å². The van der Waals surface area contributed by atoms with E-state index in [1.807, 2.05) is 37.1 Å². The van der Waals surface area contributed by atoms with Crippen molar-refractivity contribution in [3.63, 3.8) is 0 Å². The third kappa shape index (κ3) is 8.02. The number of aryl methyl sites for hydroxylation is 2. The van der Waals surface area contributed by atoms with E-state index >= 15 is 0 Å². The van der Waals surface area contributed by atoms with Crippen LogP contribution >= 0.6 is 11.3 Å². The Kier molecular flexibility index (Phi) is 11.5. The highest BCUT2D eigenvalue weighted by Gasteiger charge is 2.30. The van der Waals surface area contributed by atoms with Gasteiger partial charge in [0.1, 0.15) is 5.69 Å². The van der Waals surface area contributed by atoms with Crippen molar-refractivity contribution < 1.29 is 19.2 Å². The molecule has 0 radical (unpaired) electrons. The fourth-order valence-electron chi connectivity index (χ4n) is 5.10. The molecule has 0 unspecified atom stereocenters. The van der Waals surface area contributed by atoms with Crippen LogP contribution in [0.25, 0.3) is 0 Å². The number of urea groups is 1. The highest BCUT2D eigenvalue weighted by atomic mass is 32.1. The highest BCUT2D eigenvalue weighted by Crippen LogP contribution is 2.22. The molecule has 2 aromatic heterocycles. The summed E-state index contributed by atoms with van der Waals surface area (Å²) in [5.74, 6) is -0.322. The Balaban J connectivity index is 1.51. The molecule has 11 heteroatoms. The lowest BCUT2D eigenvalue weighted by Crippen LogP contribution is -2.51. The van der Waals surface area contributed by atoms with Crippen LogP contribution in [0.5, 0.6) is 0 Å². The molecule has 0 aliphatic carbocycles. The number of carbonyl (C=O) groups is 3. The van der Waals surface area contributed by atoms with Crippen LogP contribution in [0.15, 0.2) is 22.9 Å². The van der Waals surface area contributed by atoms with Crippen LogP contribution in [-0.4, -0.2) is 89.4 Å². The number of likely N-dealkylation sites (tertiary alicyclic amines) is 1. The number of amides is 4. The molecule has 220 valence electrons. The zero-order valence-electron chi connectivity index (χ0n) is 24.8. The Hall–Kier alpha value is -3.02. The van der Waals surface area contributed by atoms with Gasteiger partial charge in [-0.3, -0.25) is 14.4 Å². The Bertz CT molecular complexity index is 1120. The lowest BCUT2D eigenvalue weighted by atomic mass is 10.0. The van der Waals surface area contributed by atoms with Gasteiger partial charge >= 0.3 is 6.03 Å². The monoisotopic (exact) mass is 572 g/mol. The average molecular weight is 573 g/mol. The molecule has 0 bridgehead atoms. The van der Waals surface area contributed by atoms with E-state index in [2.05, 4.69) is 33.0 Å². The van der Waals surface area contributed by atoms with E-state index < -0.39 is 0 Å². The molecule has 40 heavy (non-hydrogen) atoms. The number of thiophene rings is 1. The van der Waals surface area contributed by atoms with Gasteiger partial charge in [-0.25, -0.2) is 15.3 Å². The van der Waals surface area contributed by atoms with E-state index in [1.54, 1.807) is 36.3 Å². The maximum absolute atomic E-state index is 13.0. The van der Waals surface area contributed by atoms with Crippen molar-refractivity contribution in [2.45, 2.75) is 78.6 Å². The molecule has 1 aliphatic heterocycles. The number of rotatable bonds is 11. The van der Waals surface area contributed by atoms with Crippen molar-refractivity contribution in [2.75, 3.05) is 33.8 Å². The largest absolute Gasteiger partial charge is 0.352 e. The van der Waals surface area contributed by atoms with E-state index in [9.17, 15) is 14.4 Å². The van der Waals surface area contributed by atoms with Crippen LogP contribution in [0.3, 0.4) is 0 Å². The predicted octanol–water partition coefficient (Wildman–Crippen LogP) is 3.99. The van der Waals surface area contributed by atoms with Gasteiger partial charge in [-0.15, -0.1) is 0 Å². The minimum absolute atomic E-state index is 0.0611. The number of aromatic nitrogens is 1. The summed E-state index contributed by atoms with van der Waals surface area (Å²) in [5, 5.41) is 7.13. The summed E-state index contributed by atoms with van der Waals surface area (Å²) >= 11 is 1.62. The average Bonchev–Trinajstić information content (AvgIpc) is 3.44. The molecule has 0 spiro atoms. The maximum Gasteiger partial charge on any atom is 0.341 e. The van der Waals surface area contributed by atoms with E-state index in [0.717, 1.165) is 43.5 Å². The molecule has 0 aromatic carbocycles. The summed E-state index contributed by atoms with van der Waals surface area (Å²) in [5.41, 5.74) is 5.77. The number of hydroxylamine groups is 1. The SMILES string of the molecule is CONC(=O)N(Cc1ccsc1)C1CCN([C@H](C)CCNC(=O)c2c(C)cc(C(=O)N(C)C(C)C)nc2C)CC1. The third-order valence-electron chi connectivity index (χ3n) is 7.73. The third-order valence-corrected chi connectivity index (χ3v) is 8.46. The Labute approximate surface area is 242 Å². The lowest BCUT2D eigenvalue weighted by molar-refractivity contribution is 0.0565. The van der Waals surface area contributed by atoms with Gasteiger partial charge in [0.25, 0.3) is 11.8 Å². The molecule has 10 nitrogen and oxygen atoms in total. The topological polar surface area (TPSA) is 107 Å². The standard InChI is InChI=1S/C29H44N6O4S/c1-19(2)33(6)28(37)25-16-20(3)26(22(5)31-25)27(36)30-12-8-21(4)34-13-9-24(10-14-34)35(29(38)32-39-7)17-23-11-15-40-18-23/h11,15-16,18-19,21,24H,8-10,12-14,17H2,1-7H3,(H,30,36)(H,32,38)/t21-/m1/s1. The number of hydrogen-bond acceptors (Lipinski definition) is 7. The van der Waals surface area contributed by atoms with Gasteiger partial charge < -0.3 is 20.0 Å². The number of nitrogens with zero attached hydrogens (tertiary/aromatic N) is 4. The number of pyridine rings is 1. The van der Waals surface area contributed by atoms with Crippen LogP contribution in [0.2, 0.25) is 0 Å². The molecule has 3 heterocycles. The molecule has 2 aromatic rings. The molecule has 4 amide bonds. The van der Waals surface area contributed by atoms with Crippen molar-refractivity contribution in [1.82, 2.24) is 30.5 Å². The van der Waals surface area contributed by atoms with Crippen molar-refractivity contribution in [3.05, 3.63) is 51.0 Å². The summed E-state index contributed by atoms with van der Waals surface area (Å²) in [6, 6.07) is 4.00. The maximum atomic E-state index is 13.0. The van der Waals surface area contributed by atoms with Gasteiger partial charge in [0.2, 0.25) is 0 Å². The van der Waals surface area contributed by atoms with Crippen LogP contribution < -0.4 is 10.8 Å². The van der Waals surface area contributed by atoms with E-state index in [0.29, 0.717) is 30.0 Å². The van der Waals surface area contributed by atoms with E-state index in [1.165, 1.54) is 7.11 Å². The summed E-state index contributed by atoms with van der Waals surface area (Å²) in [6.07, 6.45) is 2.55. The first-order valence-corrected chi connectivity index (χ1v) is 14.9. The van der Waals surface area contributed by atoms with Crippen LogP contribution in [0.4, 0.5) is 4.79 Å². The van der Waals surface area contributed by atoms with E-state index in [-0.39, 0.29) is 36.0 Å². The predicted molar refractivity (Wildman–Crippen MR) is 157 cm³/mol. The Morgan fingerprint density at radius 2 is 1.90 bits per heavy atom. The molecule has 1 atom stereocenters.